The number of thiophene rings is 2. The van der Waals surface area contributed by atoms with Crippen LogP contribution in [0.15, 0.2) is 27.7 Å². The van der Waals surface area contributed by atoms with Crippen LogP contribution in [0.2, 0.25) is 0 Å². The number of fused-ring (bicyclic) bond motifs is 1. The van der Waals surface area contributed by atoms with E-state index >= 15 is 0 Å². The zero-order chi connectivity index (χ0) is 16.0. The predicted octanol–water partition coefficient (Wildman–Crippen LogP) is 3.73. The molecule has 1 fully saturated rings. The largest absolute Gasteiger partial charge is 0.454 e. The first-order chi connectivity index (χ1) is 11.1. The minimum absolute atomic E-state index is 0.0278. The van der Waals surface area contributed by atoms with E-state index in [0.29, 0.717) is 16.0 Å². The van der Waals surface area contributed by atoms with E-state index in [-0.39, 0.29) is 17.4 Å². The fourth-order valence-corrected chi connectivity index (χ4v) is 4.19. The fourth-order valence-electron chi connectivity index (χ4n) is 2.42. The van der Waals surface area contributed by atoms with E-state index in [1.165, 1.54) is 11.3 Å². The van der Waals surface area contributed by atoms with Crippen LogP contribution >= 0.6 is 22.7 Å². The molecule has 1 saturated carbocycles. The molecule has 1 aliphatic carbocycles. The number of carbonyl (C=O) groups excluding carboxylic acids is 1. The van der Waals surface area contributed by atoms with Crippen molar-refractivity contribution in [1.82, 2.24) is 9.97 Å². The van der Waals surface area contributed by atoms with Gasteiger partial charge in [0.2, 0.25) is 0 Å². The first-order valence-electron chi connectivity index (χ1n) is 7.39. The standard InChI is InChI=1S/C16H14N2O3S2/c1-8(21-16(20)9-4-5-9)13-17-14(19)12-10(7-23-15(12)18-13)11-3-2-6-22-11/h2-3,6-9H,4-5H2,1H3,(H,17,18,19)/t8-/m0/s1. The van der Waals surface area contributed by atoms with Gasteiger partial charge in [-0.1, -0.05) is 6.07 Å². The summed E-state index contributed by atoms with van der Waals surface area (Å²) in [6.45, 7) is 1.73. The monoisotopic (exact) mass is 346 g/mol. The van der Waals surface area contributed by atoms with Gasteiger partial charge in [-0.15, -0.1) is 22.7 Å². The van der Waals surface area contributed by atoms with Crippen LogP contribution in [0.3, 0.4) is 0 Å². The molecule has 0 aromatic carbocycles. The van der Waals surface area contributed by atoms with E-state index in [2.05, 4.69) is 9.97 Å². The third kappa shape index (κ3) is 2.70. The summed E-state index contributed by atoms with van der Waals surface area (Å²) in [5, 5.41) is 4.53. The van der Waals surface area contributed by atoms with Crippen LogP contribution in [0, 0.1) is 5.92 Å². The number of carbonyl (C=O) groups is 1. The molecule has 4 rings (SSSR count). The number of ether oxygens (including phenoxy) is 1. The van der Waals surface area contributed by atoms with Gasteiger partial charge >= 0.3 is 5.97 Å². The van der Waals surface area contributed by atoms with Crippen LogP contribution < -0.4 is 5.56 Å². The molecule has 0 bridgehead atoms. The minimum atomic E-state index is -0.549. The summed E-state index contributed by atoms with van der Waals surface area (Å²) in [7, 11) is 0. The van der Waals surface area contributed by atoms with Gasteiger partial charge in [0.15, 0.2) is 11.9 Å². The van der Waals surface area contributed by atoms with Crippen molar-refractivity contribution in [3.05, 3.63) is 39.1 Å². The van der Waals surface area contributed by atoms with E-state index in [1.807, 2.05) is 22.9 Å². The van der Waals surface area contributed by atoms with Crippen molar-refractivity contribution >= 4 is 38.9 Å². The molecule has 0 unspecified atom stereocenters. The molecule has 0 amide bonds. The number of aromatic amines is 1. The van der Waals surface area contributed by atoms with Crippen molar-refractivity contribution in [1.29, 1.82) is 0 Å². The Labute approximate surface area is 140 Å². The smallest absolute Gasteiger partial charge is 0.309 e. The highest BCUT2D eigenvalue weighted by Crippen LogP contribution is 2.34. The van der Waals surface area contributed by atoms with Crippen molar-refractivity contribution in [2.45, 2.75) is 25.9 Å². The lowest BCUT2D eigenvalue weighted by Gasteiger charge is -2.12. The second-order valence-electron chi connectivity index (χ2n) is 5.61. The normalized spacial score (nSPS) is 15.7. The Kier molecular flexibility index (Phi) is 3.54. The Morgan fingerprint density at radius 2 is 2.26 bits per heavy atom. The van der Waals surface area contributed by atoms with Gasteiger partial charge in [-0.2, -0.15) is 0 Å². The van der Waals surface area contributed by atoms with Gasteiger partial charge in [-0.25, -0.2) is 4.98 Å². The first kappa shape index (κ1) is 14.6. The molecule has 3 heterocycles. The molecule has 0 aliphatic heterocycles. The second kappa shape index (κ2) is 5.58. The first-order valence-corrected chi connectivity index (χ1v) is 9.15. The zero-order valence-corrected chi connectivity index (χ0v) is 14.0. The minimum Gasteiger partial charge on any atom is -0.454 e. The van der Waals surface area contributed by atoms with Crippen molar-refractivity contribution in [3.8, 4) is 10.4 Å². The lowest BCUT2D eigenvalue weighted by molar-refractivity contribution is -0.150. The van der Waals surface area contributed by atoms with Crippen molar-refractivity contribution in [2.24, 2.45) is 5.92 Å². The molecule has 5 nitrogen and oxygen atoms in total. The molecule has 0 spiro atoms. The van der Waals surface area contributed by atoms with Crippen LogP contribution in [0.25, 0.3) is 20.7 Å². The van der Waals surface area contributed by atoms with Gasteiger partial charge in [0.25, 0.3) is 5.56 Å². The molecule has 1 aliphatic rings. The van der Waals surface area contributed by atoms with Crippen LogP contribution in [0.5, 0.6) is 0 Å². The highest BCUT2D eigenvalue weighted by molar-refractivity contribution is 7.18. The highest BCUT2D eigenvalue weighted by atomic mass is 32.1. The average Bonchev–Trinajstić information content (AvgIpc) is 3.07. The number of hydrogen-bond donors (Lipinski definition) is 1. The topological polar surface area (TPSA) is 72.0 Å². The molecule has 118 valence electrons. The number of H-pyrrole nitrogens is 1. The molecular weight excluding hydrogens is 332 g/mol. The van der Waals surface area contributed by atoms with Gasteiger partial charge in [0.05, 0.1) is 11.3 Å². The summed E-state index contributed by atoms with van der Waals surface area (Å²) in [4.78, 5) is 33.2. The van der Waals surface area contributed by atoms with Gasteiger partial charge in [0.1, 0.15) is 4.83 Å². The predicted molar refractivity (Wildman–Crippen MR) is 90.8 cm³/mol. The third-order valence-corrected chi connectivity index (χ3v) is 5.61. The van der Waals surface area contributed by atoms with Gasteiger partial charge in [0, 0.05) is 15.8 Å². The number of nitrogens with one attached hydrogen (secondary N) is 1. The molecule has 7 heteroatoms. The Bertz CT molecular complexity index is 923. The number of esters is 1. The molecule has 23 heavy (non-hydrogen) atoms. The van der Waals surface area contributed by atoms with Gasteiger partial charge in [-0.05, 0) is 31.2 Å². The molecule has 3 aromatic rings. The maximum atomic E-state index is 12.5. The number of rotatable bonds is 4. The second-order valence-corrected chi connectivity index (χ2v) is 7.42. The number of nitrogens with zero attached hydrogens (tertiary/aromatic N) is 1. The van der Waals surface area contributed by atoms with E-state index in [0.717, 1.165) is 23.3 Å². The van der Waals surface area contributed by atoms with Crippen molar-refractivity contribution < 1.29 is 9.53 Å². The lowest BCUT2D eigenvalue weighted by atomic mass is 10.2. The molecule has 1 N–H and O–H groups in total. The molecule has 0 saturated heterocycles. The van der Waals surface area contributed by atoms with E-state index in [4.69, 9.17) is 4.74 Å². The Balaban J connectivity index is 1.70. The van der Waals surface area contributed by atoms with Crippen LogP contribution in [0.1, 0.15) is 31.7 Å². The quantitative estimate of drug-likeness (QED) is 0.731. The molecular formula is C16H14N2O3S2. The average molecular weight is 346 g/mol. The highest BCUT2D eigenvalue weighted by Gasteiger charge is 2.33. The number of aromatic nitrogens is 2. The summed E-state index contributed by atoms with van der Waals surface area (Å²) in [5.74, 6) is 0.224. The lowest BCUT2D eigenvalue weighted by Crippen LogP contribution is -2.17. The maximum absolute atomic E-state index is 12.5. The summed E-state index contributed by atoms with van der Waals surface area (Å²) in [6.07, 6.45) is 1.24. The van der Waals surface area contributed by atoms with Crippen molar-refractivity contribution in [3.63, 3.8) is 0 Å². The van der Waals surface area contributed by atoms with Crippen LogP contribution in [0.4, 0.5) is 0 Å². The van der Waals surface area contributed by atoms with Gasteiger partial charge in [-0.3, -0.25) is 9.59 Å². The Hall–Kier alpha value is -1.99. The zero-order valence-electron chi connectivity index (χ0n) is 12.4. The summed E-state index contributed by atoms with van der Waals surface area (Å²) in [6, 6.07) is 3.94. The van der Waals surface area contributed by atoms with E-state index in [1.54, 1.807) is 18.3 Å². The van der Waals surface area contributed by atoms with Gasteiger partial charge < -0.3 is 9.72 Å². The molecule has 3 aromatic heterocycles. The summed E-state index contributed by atoms with van der Waals surface area (Å²) in [5.41, 5.74) is 0.715. The van der Waals surface area contributed by atoms with E-state index < -0.39 is 6.10 Å². The summed E-state index contributed by atoms with van der Waals surface area (Å²) >= 11 is 3.02. The van der Waals surface area contributed by atoms with E-state index in [9.17, 15) is 9.59 Å². The Morgan fingerprint density at radius 3 is 2.96 bits per heavy atom. The van der Waals surface area contributed by atoms with Crippen LogP contribution in [-0.4, -0.2) is 15.9 Å². The summed E-state index contributed by atoms with van der Waals surface area (Å²) < 4.78 is 5.38. The number of hydrogen-bond acceptors (Lipinski definition) is 6. The maximum Gasteiger partial charge on any atom is 0.309 e. The van der Waals surface area contributed by atoms with Crippen molar-refractivity contribution in [2.75, 3.05) is 0 Å². The fraction of sp³-hybridized carbons (Fsp3) is 0.312. The molecule has 0 radical (unpaired) electrons. The Morgan fingerprint density at radius 1 is 1.43 bits per heavy atom. The SMILES string of the molecule is C[C@H](OC(=O)C1CC1)c1nc2scc(-c3cccs3)c2c(=O)[nH]1. The molecule has 1 atom stereocenters. The van der Waals surface area contributed by atoms with Crippen LogP contribution in [-0.2, 0) is 9.53 Å². The third-order valence-electron chi connectivity index (χ3n) is 3.84.